The third-order valence-electron chi connectivity index (χ3n) is 3.34. The minimum absolute atomic E-state index is 0.107. The van der Waals surface area contributed by atoms with Gasteiger partial charge in [-0.1, -0.05) is 12.1 Å². The quantitative estimate of drug-likeness (QED) is 0.856. The van der Waals surface area contributed by atoms with Crippen molar-refractivity contribution in [3.63, 3.8) is 0 Å². The van der Waals surface area contributed by atoms with Crippen LogP contribution in [0, 0.1) is 0 Å². The highest BCUT2D eigenvalue weighted by Crippen LogP contribution is 2.16. The zero-order chi connectivity index (χ0) is 14.4. The summed E-state index contributed by atoms with van der Waals surface area (Å²) in [6.07, 6.45) is 0. The SMILES string of the molecule is COc1ccc(C(C)NCC(=O)N(C)C(C)C)cc1. The molecule has 0 heterocycles. The predicted octanol–water partition coefficient (Wildman–Crippen LogP) is 2.21. The van der Waals surface area contributed by atoms with E-state index in [1.807, 2.05) is 52.1 Å². The van der Waals surface area contributed by atoms with E-state index in [0.717, 1.165) is 11.3 Å². The van der Waals surface area contributed by atoms with Crippen molar-refractivity contribution < 1.29 is 9.53 Å². The minimum Gasteiger partial charge on any atom is -0.497 e. The largest absolute Gasteiger partial charge is 0.497 e. The van der Waals surface area contributed by atoms with Crippen molar-refractivity contribution in [3.8, 4) is 5.75 Å². The van der Waals surface area contributed by atoms with E-state index in [-0.39, 0.29) is 18.0 Å². The molecule has 4 heteroatoms. The molecule has 0 aliphatic heterocycles. The summed E-state index contributed by atoms with van der Waals surface area (Å²) in [6, 6.07) is 8.23. The number of carbonyl (C=O) groups excluding carboxylic acids is 1. The van der Waals surface area contributed by atoms with Gasteiger partial charge in [-0.3, -0.25) is 4.79 Å². The second-order valence-electron chi connectivity index (χ2n) is 4.97. The van der Waals surface area contributed by atoms with Gasteiger partial charge in [-0.2, -0.15) is 0 Å². The Hall–Kier alpha value is -1.55. The van der Waals surface area contributed by atoms with Gasteiger partial charge in [-0.15, -0.1) is 0 Å². The number of likely N-dealkylation sites (N-methyl/N-ethyl adjacent to an activating group) is 1. The van der Waals surface area contributed by atoms with Gasteiger partial charge in [0.2, 0.25) is 5.91 Å². The van der Waals surface area contributed by atoms with Crippen LogP contribution in [0.2, 0.25) is 0 Å². The van der Waals surface area contributed by atoms with Gasteiger partial charge in [-0.05, 0) is 38.5 Å². The Labute approximate surface area is 115 Å². The van der Waals surface area contributed by atoms with Crippen LogP contribution in [0.1, 0.15) is 32.4 Å². The van der Waals surface area contributed by atoms with Crippen LogP contribution in [-0.2, 0) is 4.79 Å². The Morgan fingerprint density at radius 3 is 2.32 bits per heavy atom. The zero-order valence-electron chi connectivity index (χ0n) is 12.4. The molecule has 0 radical (unpaired) electrons. The van der Waals surface area contributed by atoms with Crippen LogP contribution in [0.3, 0.4) is 0 Å². The molecule has 1 amide bonds. The standard InChI is InChI=1S/C15H24N2O2/c1-11(2)17(4)15(18)10-16-12(3)13-6-8-14(19-5)9-7-13/h6-9,11-12,16H,10H2,1-5H3. The first-order chi connectivity index (χ1) is 8.95. The van der Waals surface area contributed by atoms with Crippen molar-refractivity contribution >= 4 is 5.91 Å². The number of carbonyl (C=O) groups is 1. The predicted molar refractivity (Wildman–Crippen MR) is 77.3 cm³/mol. The highest BCUT2D eigenvalue weighted by molar-refractivity contribution is 5.78. The van der Waals surface area contributed by atoms with E-state index in [4.69, 9.17) is 4.74 Å². The highest BCUT2D eigenvalue weighted by atomic mass is 16.5. The first kappa shape index (κ1) is 15.5. The summed E-state index contributed by atoms with van der Waals surface area (Å²) in [5, 5.41) is 3.24. The fraction of sp³-hybridized carbons (Fsp3) is 0.533. The van der Waals surface area contributed by atoms with Crippen LogP contribution in [0.25, 0.3) is 0 Å². The molecule has 0 aliphatic carbocycles. The molecule has 0 aromatic heterocycles. The van der Waals surface area contributed by atoms with Gasteiger partial charge in [0.05, 0.1) is 13.7 Å². The molecule has 19 heavy (non-hydrogen) atoms. The van der Waals surface area contributed by atoms with Crippen LogP contribution in [-0.4, -0.2) is 37.6 Å². The number of amides is 1. The molecule has 1 unspecified atom stereocenters. The summed E-state index contributed by atoms with van der Waals surface area (Å²) in [6.45, 7) is 6.40. The number of methoxy groups -OCH3 is 1. The van der Waals surface area contributed by atoms with Gasteiger partial charge in [0.25, 0.3) is 0 Å². The second-order valence-corrected chi connectivity index (χ2v) is 4.97. The van der Waals surface area contributed by atoms with E-state index in [1.165, 1.54) is 0 Å². The first-order valence-electron chi connectivity index (χ1n) is 6.58. The molecule has 1 aromatic rings. The zero-order valence-corrected chi connectivity index (χ0v) is 12.4. The van der Waals surface area contributed by atoms with E-state index in [2.05, 4.69) is 5.32 Å². The second kappa shape index (κ2) is 7.14. The summed E-state index contributed by atoms with van der Waals surface area (Å²) in [5.41, 5.74) is 1.14. The number of nitrogens with zero attached hydrogens (tertiary/aromatic N) is 1. The molecule has 0 spiro atoms. The summed E-state index contributed by atoms with van der Waals surface area (Å²) in [5.74, 6) is 0.946. The molecule has 106 valence electrons. The topological polar surface area (TPSA) is 41.6 Å². The van der Waals surface area contributed by atoms with Crippen molar-refractivity contribution in [1.29, 1.82) is 0 Å². The average Bonchev–Trinajstić information content (AvgIpc) is 2.43. The number of rotatable bonds is 6. The maximum atomic E-state index is 11.9. The third-order valence-corrected chi connectivity index (χ3v) is 3.34. The van der Waals surface area contributed by atoms with Crippen LogP contribution in [0.5, 0.6) is 5.75 Å². The van der Waals surface area contributed by atoms with Gasteiger partial charge < -0.3 is 15.0 Å². The smallest absolute Gasteiger partial charge is 0.236 e. The van der Waals surface area contributed by atoms with Crippen molar-refractivity contribution in [2.75, 3.05) is 20.7 Å². The fourth-order valence-corrected chi connectivity index (χ4v) is 1.66. The molecule has 1 aromatic carbocycles. The lowest BCUT2D eigenvalue weighted by Crippen LogP contribution is -2.40. The summed E-state index contributed by atoms with van der Waals surface area (Å²) in [4.78, 5) is 13.6. The minimum atomic E-state index is 0.107. The lowest BCUT2D eigenvalue weighted by molar-refractivity contribution is -0.130. The lowest BCUT2D eigenvalue weighted by Gasteiger charge is -2.23. The Balaban J connectivity index is 2.50. The molecular formula is C15H24N2O2. The van der Waals surface area contributed by atoms with E-state index < -0.39 is 0 Å². The van der Waals surface area contributed by atoms with Gasteiger partial charge in [0.15, 0.2) is 0 Å². The van der Waals surface area contributed by atoms with E-state index in [9.17, 15) is 4.79 Å². The number of ether oxygens (including phenoxy) is 1. The van der Waals surface area contributed by atoms with Gasteiger partial charge in [-0.25, -0.2) is 0 Å². The van der Waals surface area contributed by atoms with Gasteiger partial charge in [0.1, 0.15) is 5.75 Å². The Kier molecular flexibility index (Phi) is 5.83. The maximum absolute atomic E-state index is 11.9. The normalized spacial score (nSPS) is 12.3. The molecule has 0 fully saturated rings. The van der Waals surface area contributed by atoms with E-state index in [0.29, 0.717) is 6.54 Å². The summed E-state index contributed by atoms with van der Waals surface area (Å²) < 4.78 is 5.12. The van der Waals surface area contributed by atoms with Crippen molar-refractivity contribution in [1.82, 2.24) is 10.2 Å². The van der Waals surface area contributed by atoms with E-state index in [1.54, 1.807) is 12.0 Å². The summed E-state index contributed by atoms with van der Waals surface area (Å²) in [7, 11) is 3.48. The molecule has 0 saturated heterocycles. The molecule has 1 atom stereocenters. The highest BCUT2D eigenvalue weighted by Gasteiger charge is 2.13. The first-order valence-corrected chi connectivity index (χ1v) is 6.58. The maximum Gasteiger partial charge on any atom is 0.236 e. The monoisotopic (exact) mass is 264 g/mol. The Morgan fingerprint density at radius 2 is 1.84 bits per heavy atom. The fourth-order valence-electron chi connectivity index (χ4n) is 1.66. The molecule has 0 saturated carbocycles. The van der Waals surface area contributed by atoms with Gasteiger partial charge >= 0.3 is 0 Å². The molecule has 1 N–H and O–H groups in total. The van der Waals surface area contributed by atoms with Gasteiger partial charge in [0, 0.05) is 19.1 Å². The number of hydrogen-bond acceptors (Lipinski definition) is 3. The Bertz CT molecular complexity index is 401. The van der Waals surface area contributed by atoms with Crippen molar-refractivity contribution in [2.24, 2.45) is 0 Å². The molecule has 0 aliphatic rings. The number of benzene rings is 1. The molecular weight excluding hydrogens is 240 g/mol. The third kappa shape index (κ3) is 4.56. The number of hydrogen-bond donors (Lipinski definition) is 1. The molecule has 0 bridgehead atoms. The van der Waals surface area contributed by atoms with Crippen LogP contribution in [0.15, 0.2) is 24.3 Å². The average molecular weight is 264 g/mol. The molecule has 1 rings (SSSR count). The van der Waals surface area contributed by atoms with Crippen LogP contribution >= 0.6 is 0 Å². The van der Waals surface area contributed by atoms with Crippen molar-refractivity contribution in [2.45, 2.75) is 32.9 Å². The van der Waals surface area contributed by atoms with Crippen molar-refractivity contribution in [3.05, 3.63) is 29.8 Å². The van der Waals surface area contributed by atoms with Crippen LogP contribution < -0.4 is 10.1 Å². The van der Waals surface area contributed by atoms with Crippen LogP contribution in [0.4, 0.5) is 0 Å². The molecule has 4 nitrogen and oxygen atoms in total. The van der Waals surface area contributed by atoms with E-state index >= 15 is 0 Å². The lowest BCUT2D eigenvalue weighted by atomic mass is 10.1. The number of nitrogens with one attached hydrogen (secondary N) is 1. The summed E-state index contributed by atoms with van der Waals surface area (Å²) >= 11 is 0. The Morgan fingerprint density at radius 1 is 1.26 bits per heavy atom.